The van der Waals surface area contributed by atoms with Crippen molar-refractivity contribution in [2.75, 3.05) is 12.3 Å². The van der Waals surface area contributed by atoms with E-state index in [1.807, 2.05) is 65.1 Å². The number of anilines is 1. The number of nitrogen functional groups attached to an aromatic ring is 1. The van der Waals surface area contributed by atoms with Gasteiger partial charge in [-0.15, -0.1) is 0 Å². The summed E-state index contributed by atoms with van der Waals surface area (Å²) in [6, 6.07) is 12.0. The second kappa shape index (κ2) is 7.74. The summed E-state index contributed by atoms with van der Waals surface area (Å²) in [4.78, 5) is 0. The highest BCUT2D eigenvalue weighted by Crippen LogP contribution is 2.32. The highest BCUT2D eigenvalue weighted by Gasteiger charge is 2.16. The molecule has 0 fully saturated rings. The summed E-state index contributed by atoms with van der Waals surface area (Å²) < 4.78 is 13.5. The number of rotatable bonds is 6. The van der Waals surface area contributed by atoms with Crippen molar-refractivity contribution in [2.24, 2.45) is 7.05 Å². The molecule has 0 radical (unpaired) electrons. The molecule has 1 heterocycles. The van der Waals surface area contributed by atoms with Crippen LogP contribution in [0.4, 0.5) is 5.69 Å². The Morgan fingerprint density at radius 1 is 1.04 bits per heavy atom. The van der Waals surface area contributed by atoms with E-state index in [0.717, 1.165) is 50.8 Å². The molecule has 0 spiro atoms. The Balaban J connectivity index is 1.83. The van der Waals surface area contributed by atoms with Gasteiger partial charge in [0.1, 0.15) is 12.4 Å². The van der Waals surface area contributed by atoms with Gasteiger partial charge < -0.3 is 15.2 Å². The van der Waals surface area contributed by atoms with Gasteiger partial charge in [-0.1, -0.05) is 12.1 Å². The summed E-state index contributed by atoms with van der Waals surface area (Å²) in [6.07, 6.45) is 0. The molecule has 0 saturated heterocycles. The highest BCUT2D eigenvalue weighted by atomic mass is 16.5. The normalized spacial score (nSPS) is 10.9. The number of nitrogens with two attached hydrogens (primary N) is 1. The maximum absolute atomic E-state index is 6.08. The van der Waals surface area contributed by atoms with Crippen LogP contribution in [0.5, 0.6) is 11.6 Å². The molecule has 27 heavy (non-hydrogen) atoms. The zero-order chi connectivity index (χ0) is 19.6. The zero-order valence-corrected chi connectivity index (χ0v) is 16.7. The van der Waals surface area contributed by atoms with Gasteiger partial charge >= 0.3 is 0 Å². The van der Waals surface area contributed by atoms with E-state index in [4.69, 9.17) is 15.2 Å². The number of nitrogens with zero attached hydrogens (tertiary/aromatic N) is 2. The second-order valence-corrected chi connectivity index (χ2v) is 6.75. The minimum atomic E-state index is 0.454. The van der Waals surface area contributed by atoms with Gasteiger partial charge in [0.05, 0.1) is 12.3 Å². The van der Waals surface area contributed by atoms with Crippen molar-refractivity contribution >= 4 is 5.69 Å². The van der Waals surface area contributed by atoms with Crippen LogP contribution in [0, 0.1) is 20.8 Å². The first-order valence-corrected chi connectivity index (χ1v) is 9.16. The van der Waals surface area contributed by atoms with Gasteiger partial charge in [-0.2, -0.15) is 5.10 Å². The van der Waals surface area contributed by atoms with Crippen LogP contribution in [0.1, 0.15) is 29.2 Å². The molecule has 0 amide bonds. The number of aromatic nitrogens is 2. The van der Waals surface area contributed by atoms with Crippen LogP contribution in [0.2, 0.25) is 0 Å². The summed E-state index contributed by atoms with van der Waals surface area (Å²) in [5.74, 6) is 1.65. The predicted octanol–water partition coefficient (Wildman–Crippen LogP) is 4.57. The van der Waals surface area contributed by atoms with E-state index >= 15 is 0 Å². The topological polar surface area (TPSA) is 62.3 Å². The van der Waals surface area contributed by atoms with E-state index in [-0.39, 0.29) is 0 Å². The molecule has 0 aliphatic rings. The van der Waals surface area contributed by atoms with Gasteiger partial charge in [-0.3, -0.25) is 0 Å². The SMILES string of the molecule is CCOc1c(C)c(-c2ccc(OCc3c(C)cccc3N)c(C)c2)nn1C. The molecular weight excluding hydrogens is 338 g/mol. The fraction of sp³-hybridized carbons (Fsp3) is 0.318. The van der Waals surface area contributed by atoms with E-state index in [1.54, 1.807) is 4.68 Å². The molecule has 0 aliphatic carbocycles. The second-order valence-electron chi connectivity index (χ2n) is 6.75. The van der Waals surface area contributed by atoms with Crippen LogP contribution in [0.15, 0.2) is 36.4 Å². The van der Waals surface area contributed by atoms with Gasteiger partial charge in [-0.05, 0) is 63.1 Å². The third-order valence-corrected chi connectivity index (χ3v) is 4.77. The molecule has 0 unspecified atom stereocenters. The summed E-state index contributed by atoms with van der Waals surface area (Å²) in [5, 5.41) is 4.62. The lowest BCUT2D eigenvalue weighted by atomic mass is 10.1. The van der Waals surface area contributed by atoms with Crippen LogP contribution in [-0.4, -0.2) is 16.4 Å². The molecule has 2 N–H and O–H groups in total. The lowest BCUT2D eigenvalue weighted by Gasteiger charge is -2.13. The number of hydrogen-bond acceptors (Lipinski definition) is 4. The molecule has 0 aliphatic heterocycles. The van der Waals surface area contributed by atoms with Crippen molar-refractivity contribution < 1.29 is 9.47 Å². The molecule has 142 valence electrons. The molecule has 0 bridgehead atoms. The average molecular weight is 365 g/mol. The number of hydrogen-bond donors (Lipinski definition) is 1. The molecule has 3 rings (SSSR count). The summed E-state index contributed by atoms with van der Waals surface area (Å²) in [7, 11) is 1.90. The first-order chi connectivity index (χ1) is 12.9. The standard InChI is InChI=1S/C22H27N3O2/c1-6-26-22-16(4)21(24-25(22)5)17-10-11-20(15(3)12-17)27-13-18-14(2)8-7-9-19(18)23/h7-12H,6,13,23H2,1-5H3. The van der Waals surface area contributed by atoms with E-state index < -0.39 is 0 Å². The minimum absolute atomic E-state index is 0.454. The summed E-state index contributed by atoms with van der Waals surface area (Å²) in [6.45, 7) is 9.17. The maximum Gasteiger partial charge on any atom is 0.215 e. The smallest absolute Gasteiger partial charge is 0.215 e. The number of ether oxygens (including phenoxy) is 2. The summed E-state index contributed by atoms with van der Waals surface area (Å²) >= 11 is 0. The van der Waals surface area contributed by atoms with Gasteiger partial charge in [0.15, 0.2) is 0 Å². The van der Waals surface area contributed by atoms with Crippen LogP contribution in [0.3, 0.4) is 0 Å². The van der Waals surface area contributed by atoms with Gasteiger partial charge in [-0.25, -0.2) is 4.68 Å². The Bertz CT molecular complexity index is 940. The fourth-order valence-corrected chi connectivity index (χ4v) is 3.26. The third kappa shape index (κ3) is 3.77. The Kier molecular flexibility index (Phi) is 5.40. The molecule has 5 nitrogen and oxygen atoms in total. The van der Waals surface area contributed by atoms with Crippen LogP contribution in [0.25, 0.3) is 11.3 Å². The maximum atomic E-state index is 6.08. The molecule has 0 saturated carbocycles. The van der Waals surface area contributed by atoms with E-state index in [0.29, 0.717) is 13.2 Å². The zero-order valence-electron chi connectivity index (χ0n) is 16.7. The fourth-order valence-electron chi connectivity index (χ4n) is 3.26. The number of aryl methyl sites for hydroxylation is 3. The van der Waals surface area contributed by atoms with Gasteiger partial charge in [0.25, 0.3) is 0 Å². The molecule has 1 aromatic heterocycles. The monoisotopic (exact) mass is 365 g/mol. The van der Waals surface area contributed by atoms with Crippen molar-refractivity contribution in [1.82, 2.24) is 9.78 Å². The lowest BCUT2D eigenvalue weighted by molar-refractivity contribution is 0.304. The van der Waals surface area contributed by atoms with Gasteiger partial charge in [0.2, 0.25) is 5.88 Å². The van der Waals surface area contributed by atoms with Crippen molar-refractivity contribution in [3.63, 3.8) is 0 Å². The third-order valence-electron chi connectivity index (χ3n) is 4.77. The quantitative estimate of drug-likeness (QED) is 0.650. The molecule has 5 heteroatoms. The van der Waals surface area contributed by atoms with Crippen molar-refractivity contribution in [2.45, 2.75) is 34.3 Å². The van der Waals surface area contributed by atoms with E-state index in [1.165, 1.54) is 0 Å². The van der Waals surface area contributed by atoms with E-state index in [2.05, 4.69) is 11.2 Å². The molecular formula is C22H27N3O2. The van der Waals surface area contributed by atoms with E-state index in [9.17, 15) is 0 Å². The highest BCUT2D eigenvalue weighted by molar-refractivity contribution is 5.67. The average Bonchev–Trinajstić information content (AvgIpc) is 2.91. The van der Waals surface area contributed by atoms with Crippen LogP contribution >= 0.6 is 0 Å². The van der Waals surface area contributed by atoms with Crippen LogP contribution < -0.4 is 15.2 Å². The predicted molar refractivity (Wildman–Crippen MR) is 109 cm³/mol. The molecule has 0 atom stereocenters. The van der Waals surface area contributed by atoms with Gasteiger partial charge in [0, 0.05) is 29.4 Å². The Hall–Kier alpha value is -2.95. The molecule has 2 aromatic carbocycles. The largest absolute Gasteiger partial charge is 0.489 e. The Morgan fingerprint density at radius 2 is 1.81 bits per heavy atom. The Morgan fingerprint density at radius 3 is 2.48 bits per heavy atom. The first-order valence-electron chi connectivity index (χ1n) is 9.16. The molecule has 3 aromatic rings. The number of benzene rings is 2. The van der Waals surface area contributed by atoms with Crippen molar-refractivity contribution in [3.05, 3.63) is 58.7 Å². The summed E-state index contributed by atoms with van der Waals surface area (Å²) in [5.41, 5.74) is 13.1. The van der Waals surface area contributed by atoms with Crippen molar-refractivity contribution in [3.8, 4) is 22.9 Å². The Labute approximate surface area is 160 Å². The van der Waals surface area contributed by atoms with Crippen molar-refractivity contribution in [1.29, 1.82) is 0 Å². The first kappa shape index (κ1) is 18.8. The van der Waals surface area contributed by atoms with Crippen LogP contribution in [-0.2, 0) is 13.7 Å². The minimum Gasteiger partial charge on any atom is -0.489 e. The lowest BCUT2D eigenvalue weighted by Crippen LogP contribution is -2.03.